The summed E-state index contributed by atoms with van der Waals surface area (Å²) in [7, 11) is 1.80. The van der Waals surface area contributed by atoms with Gasteiger partial charge >= 0.3 is 0 Å². The topological polar surface area (TPSA) is 55.8 Å². The molecule has 0 spiro atoms. The van der Waals surface area contributed by atoms with Gasteiger partial charge in [-0.25, -0.2) is 9.37 Å². The molecular formula is C21H31FN6S. The Morgan fingerprint density at radius 1 is 1.10 bits per heavy atom. The number of nitrogens with zero attached hydrogens (tertiary/aromatic N) is 4. The molecule has 0 aliphatic carbocycles. The molecule has 2 N–H and O–H groups in total. The maximum Gasteiger partial charge on any atom is 0.191 e. The van der Waals surface area contributed by atoms with Crippen LogP contribution < -0.4 is 15.5 Å². The lowest BCUT2D eigenvalue weighted by Gasteiger charge is -2.36. The van der Waals surface area contributed by atoms with Crippen molar-refractivity contribution < 1.29 is 4.39 Å². The van der Waals surface area contributed by atoms with Gasteiger partial charge < -0.3 is 15.5 Å². The summed E-state index contributed by atoms with van der Waals surface area (Å²) < 4.78 is 13.1. The first-order chi connectivity index (χ1) is 14.0. The fourth-order valence-electron chi connectivity index (χ4n) is 3.37. The predicted octanol–water partition coefficient (Wildman–Crippen LogP) is 2.43. The van der Waals surface area contributed by atoms with E-state index in [1.807, 2.05) is 12.1 Å². The van der Waals surface area contributed by atoms with Gasteiger partial charge in [-0.2, -0.15) is 0 Å². The SMILES string of the molecule is CN=C(NCCc1nc(C)c(C)s1)NCCN1CCN(c2ccc(F)cc2)CC1. The molecule has 8 heteroatoms. The van der Waals surface area contributed by atoms with E-state index in [9.17, 15) is 4.39 Å². The molecule has 0 unspecified atom stereocenters. The van der Waals surface area contributed by atoms with Gasteiger partial charge in [0.05, 0.1) is 10.7 Å². The summed E-state index contributed by atoms with van der Waals surface area (Å²) in [6.45, 7) is 10.8. The smallest absolute Gasteiger partial charge is 0.191 e. The molecule has 1 aromatic heterocycles. The van der Waals surface area contributed by atoms with E-state index in [0.29, 0.717) is 0 Å². The number of hydrogen-bond acceptors (Lipinski definition) is 5. The van der Waals surface area contributed by atoms with Crippen LogP contribution in [0.25, 0.3) is 0 Å². The van der Waals surface area contributed by atoms with Crippen LogP contribution in [-0.4, -0.2) is 68.7 Å². The Kier molecular flexibility index (Phi) is 7.83. The van der Waals surface area contributed by atoms with Crippen LogP contribution in [-0.2, 0) is 6.42 Å². The average molecular weight is 419 g/mol. The lowest BCUT2D eigenvalue weighted by molar-refractivity contribution is 0.261. The van der Waals surface area contributed by atoms with E-state index < -0.39 is 0 Å². The Bertz CT molecular complexity index is 777. The number of rotatable bonds is 7. The van der Waals surface area contributed by atoms with Crippen LogP contribution in [0.3, 0.4) is 0 Å². The lowest BCUT2D eigenvalue weighted by atomic mass is 10.2. The van der Waals surface area contributed by atoms with Gasteiger partial charge in [-0.3, -0.25) is 9.89 Å². The van der Waals surface area contributed by atoms with Crippen molar-refractivity contribution >= 4 is 23.0 Å². The van der Waals surface area contributed by atoms with E-state index in [2.05, 4.69) is 44.3 Å². The molecule has 0 saturated carbocycles. The van der Waals surface area contributed by atoms with Gasteiger partial charge in [0, 0.05) is 69.8 Å². The van der Waals surface area contributed by atoms with E-state index in [1.54, 1.807) is 18.4 Å². The number of aryl methyl sites for hydroxylation is 2. The van der Waals surface area contributed by atoms with Crippen molar-refractivity contribution in [2.45, 2.75) is 20.3 Å². The van der Waals surface area contributed by atoms with Crippen molar-refractivity contribution in [3.63, 3.8) is 0 Å². The minimum Gasteiger partial charge on any atom is -0.369 e. The molecule has 0 radical (unpaired) electrons. The Morgan fingerprint density at radius 3 is 2.41 bits per heavy atom. The van der Waals surface area contributed by atoms with E-state index in [0.717, 1.165) is 69.6 Å². The first-order valence-corrected chi connectivity index (χ1v) is 11.0. The fourth-order valence-corrected chi connectivity index (χ4v) is 4.30. The highest BCUT2D eigenvalue weighted by molar-refractivity contribution is 7.11. The van der Waals surface area contributed by atoms with Crippen LogP contribution in [0.2, 0.25) is 0 Å². The summed E-state index contributed by atoms with van der Waals surface area (Å²) in [6.07, 6.45) is 0.908. The first-order valence-electron chi connectivity index (χ1n) is 10.2. The van der Waals surface area contributed by atoms with Crippen molar-refractivity contribution in [3.8, 4) is 0 Å². The number of halogens is 1. The normalized spacial score (nSPS) is 15.6. The minimum atomic E-state index is -0.183. The van der Waals surface area contributed by atoms with Crippen molar-refractivity contribution in [1.29, 1.82) is 0 Å². The number of nitrogens with one attached hydrogen (secondary N) is 2. The Hall–Kier alpha value is -2.19. The highest BCUT2D eigenvalue weighted by Gasteiger charge is 2.17. The summed E-state index contributed by atoms with van der Waals surface area (Å²) in [5.74, 6) is 0.650. The van der Waals surface area contributed by atoms with Gasteiger partial charge in [0.15, 0.2) is 5.96 Å². The number of hydrogen-bond donors (Lipinski definition) is 2. The summed E-state index contributed by atoms with van der Waals surface area (Å²) >= 11 is 1.77. The van der Waals surface area contributed by atoms with Crippen LogP contribution in [0.15, 0.2) is 29.3 Å². The summed E-state index contributed by atoms with van der Waals surface area (Å²) in [4.78, 5) is 14.9. The molecule has 0 bridgehead atoms. The van der Waals surface area contributed by atoms with Crippen molar-refractivity contribution in [3.05, 3.63) is 45.7 Å². The van der Waals surface area contributed by atoms with Crippen molar-refractivity contribution in [1.82, 2.24) is 20.5 Å². The van der Waals surface area contributed by atoms with Crippen LogP contribution in [0.5, 0.6) is 0 Å². The number of benzene rings is 1. The summed E-state index contributed by atoms with van der Waals surface area (Å²) in [6, 6.07) is 6.77. The number of anilines is 1. The second-order valence-electron chi connectivity index (χ2n) is 7.23. The summed E-state index contributed by atoms with van der Waals surface area (Å²) in [5, 5.41) is 7.93. The van der Waals surface area contributed by atoms with Gasteiger partial charge in [-0.1, -0.05) is 0 Å². The summed E-state index contributed by atoms with van der Waals surface area (Å²) in [5.41, 5.74) is 2.23. The zero-order valence-electron chi connectivity index (χ0n) is 17.5. The number of aliphatic imine (C=N–C) groups is 1. The molecule has 1 aromatic carbocycles. The molecule has 29 heavy (non-hydrogen) atoms. The lowest BCUT2D eigenvalue weighted by Crippen LogP contribution is -2.49. The van der Waals surface area contributed by atoms with Crippen LogP contribution >= 0.6 is 11.3 Å². The third-order valence-corrected chi connectivity index (χ3v) is 6.34. The molecule has 158 valence electrons. The second kappa shape index (κ2) is 10.5. The average Bonchev–Trinajstić information content (AvgIpc) is 3.05. The molecule has 2 heterocycles. The highest BCUT2D eigenvalue weighted by atomic mass is 32.1. The molecule has 1 aliphatic rings. The molecular weight excluding hydrogens is 387 g/mol. The third-order valence-electron chi connectivity index (χ3n) is 5.21. The number of guanidine groups is 1. The molecule has 3 rings (SSSR count). The van der Waals surface area contributed by atoms with E-state index in [4.69, 9.17) is 0 Å². The van der Waals surface area contributed by atoms with Gasteiger partial charge in [0.2, 0.25) is 0 Å². The molecule has 1 aliphatic heterocycles. The van der Waals surface area contributed by atoms with Gasteiger partial charge in [-0.15, -0.1) is 11.3 Å². The molecule has 1 saturated heterocycles. The number of aromatic nitrogens is 1. The maximum atomic E-state index is 13.1. The predicted molar refractivity (Wildman–Crippen MR) is 120 cm³/mol. The highest BCUT2D eigenvalue weighted by Crippen LogP contribution is 2.17. The number of thiazole rings is 1. The monoisotopic (exact) mass is 418 g/mol. The number of piperazine rings is 1. The zero-order valence-corrected chi connectivity index (χ0v) is 18.4. The van der Waals surface area contributed by atoms with Crippen molar-refractivity contribution in [2.75, 3.05) is 57.8 Å². The standard InChI is InChI=1S/C21H31FN6S/c1-16-17(2)29-20(26-16)8-9-24-21(23-3)25-10-11-27-12-14-28(15-13-27)19-6-4-18(22)5-7-19/h4-7H,8-15H2,1-3H3,(H2,23,24,25). The van der Waals surface area contributed by atoms with E-state index in [1.165, 1.54) is 22.0 Å². The van der Waals surface area contributed by atoms with Crippen LogP contribution in [0, 0.1) is 19.7 Å². The largest absolute Gasteiger partial charge is 0.369 e. The van der Waals surface area contributed by atoms with E-state index in [-0.39, 0.29) is 5.82 Å². The first kappa shape index (κ1) is 21.5. The van der Waals surface area contributed by atoms with Gasteiger partial charge in [0.1, 0.15) is 5.82 Å². The fraction of sp³-hybridized carbons (Fsp3) is 0.524. The van der Waals surface area contributed by atoms with Crippen LogP contribution in [0.1, 0.15) is 15.6 Å². The van der Waals surface area contributed by atoms with Gasteiger partial charge in [-0.05, 0) is 38.1 Å². The molecule has 0 amide bonds. The Labute approximate surface area is 176 Å². The molecule has 6 nitrogen and oxygen atoms in total. The minimum absolute atomic E-state index is 0.183. The second-order valence-corrected chi connectivity index (χ2v) is 8.52. The van der Waals surface area contributed by atoms with Crippen LogP contribution in [0.4, 0.5) is 10.1 Å². The van der Waals surface area contributed by atoms with Crippen molar-refractivity contribution in [2.24, 2.45) is 4.99 Å². The maximum absolute atomic E-state index is 13.1. The quantitative estimate of drug-likeness (QED) is 0.534. The molecule has 1 fully saturated rings. The molecule has 0 atom stereocenters. The van der Waals surface area contributed by atoms with E-state index >= 15 is 0 Å². The molecule has 2 aromatic rings. The Morgan fingerprint density at radius 2 is 1.79 bits per heavy atom. The van der Waals surface area contributed by atoms with Gasteiger partial charge in [0.25, 0.3) is 0 Å². The Balaban J connectivity index is 1.32. The third kappa shape index (κ3) is 6.40. The zero-order chi connectivity index (χ0) is 20.6.